The number of nitrogens with zero attached hydrogens (tertiary/aromatic N) is 4. The van der Waals surface area contributed by atoms with Crippen molar-refractivity contribution in [2.24, 2.45) is 0 Å². The molecule has 0 saturated heterocycles. The van der Waals surface area contributed by atoms with Crippen molar-refractivity contribution < 1.29 is 14.0 Å². The van der Waals surface area contributed by atoms with Gasteiger partial charge in [-0.2, -0.15) is 9.61 Å². The molecule has 3 aromatic heterocycles. The Morgan fingerprint density at radius 1 is 0.892 bits per heavy atom. The Bertz CT molecular complexity index is 1560. The average molecular weight is 494 g/mol. The minimum absolute atomic E-state index is 0.551. The Morgan fingerprint density at radius 2 is 1.73 bits per heavy atom. The third kappa shape index (κ3) is 4.20. The van der Waals surface area contributed by atoms with Gasteiger partial charge < -0.3 is 19.3 Å². The van der Waals surface area contributed by atoms with E-state index in [-0.39, 0.29) is 0 Å². The molecule has 37 heavy (non-hydrogen) atoms. The average Bonchev–Trinajstić information content (AvgIpc) is 3.61. The van der Waals surface area contributed by atoms with Crippen LogP contribution in [0.3, 0.4) is 0 Å². The molecule has 1 aliphatic rings. The zero-order valence-corrected chi connectivity index (χ0v) is 20.8. The third-order valence-corrected chi connectivity index (χ3v) is 6.64. The maximum absolute atomic E-state index is 6.05. The van der Waals surface area contributed by atoms with Crippen molar-refractivity contribution in [3.8, 4) is 34.0 Å². The van der Waals surface area contributed by atoms with Crippen LogP contribution in [0.4, 0.5) is 11.6 Å². The predicted octanol–water partition coefficient (Wildman–Crippen LogP) is 6.77. The van der Waals surface area contributed by atoms with E-state index in [0.717, 1.165) is 58.6 Å². The minimum atomic E-state index is 0.551. The number of benzene rings is 2. The van der Waals surface area contributed by atoms with Gasteiger partial charge in [0.15, 0.2) is 11.5 Å². The molecule has 0 radical (unpaired) electrons. The van der Waals surface area contributed by atoms with Crippen LogP contribution in [0.2, 0.25) is 0 Å². The molecule has 1 aliphatic carbocycles. The van der Waals surface area contributed by atoms with Crippen LogP contribution in [-0.4, -0.2) is 34.0 Å². The van der Waals surface area contributed by atoms with Crippen molar-refractivity contribution >= 4 is 22.9 Å². The Hall–Kier alpha value is -4.59. The smallest absolute Gasteiger partial charge is 0.228 e. The van der Waals surface area contributed by atoms with Gasteiger partial charge in [0.05, 0.1) is 25.3 Å². The van der Waals surface area contributed by atoms with Gasteiger partial charge in [-0.25, -0.2) is 4.98 Å². The predicted molar refractivity (Wildman–Crippen MR) is 143 cm³/mol. The molecule has 0 unspecified atom stereocenters. The molecule has 0 fully saturated rings. The standard InChI is InChI=1S/C29H27N5O3/c1-35-22-15-13-20(14-16-22)25-27(30-23-17-18-37-33-23)31-28-24(19-9-5-3-6-10-19)26(21-11-7-4-8-12-21)32-34(28)29(25)36-2/h4,7-9,11-18H,3,5-6,10H2,1-2H3,(H,30,31,33). The van der Waals surface area contributed by atoms with Crippen LogP contribution in [0.1, 0.15) is 31.2 Å². The molecule has 0 saturated carbocycles. The second-order valence-corrected chi connectivity index (χ2v) is 8.88. The lowest BCUT2D eigenvalue weighted by molar-refractivity contribution is 0.387. The maximum Gasteiger partial charge on any atom is 0.228 e. The van der Waals surface area contributed by atoms with Crippen LogP contribution in [-0.2, 0) is 0 Å². The zero-order valence-electron chi connectivity index (χ0n) is 20.8. The molecule has 2 aromatic carbocycles. The second-order valence-electron chi connectivity index (χ2n) is 8.88. The maximum atomic E-state index is 6.05. The first-order valence-electron chi connectivity index (χ1n) is 12.3. The molecular formula is C29H27N5O3. The van der Waals surface area contributed by atoms with Crippen molar-refractivity contribution in [1.29, 1.82) is 0 Å². The molecule has 0 aliphatic heterocycles. The van der Waals surface area contributed by atoms with Gasteiger partial charge in [0.25, 0.3) is 0 Å². The molecule has 186 valence electrons. The second kappa shape index (κ2) is 9.81. The number of fused-ring (bicyclic) bond motifs is 1. The first kappa shape index (κ1) is 22.8. The number of methoxy groups -OCH3 is 2. The molecule has 0 spiro atoms. The van der Waals surface area contributed by atoms with E-state index in [0.29, 0.717) is 17.5 Å². The van der Waals surface area contributed by atoms with E-state index < -0.39 is 0 Å². The highest BCUT2D eigenvalue weighted by Gasteiger charge is 2.27. The Morgan fingerprint density at radius 3 is 2.41 bits per heavy atom. The number of anilines is 2. The molecule has 6 rings (SSSR count). The highest BCUT2D eigenvalue weighted by molar-refractivity contribution is 5.91. The van der Waals surface area contributed by atoms with Crippen molar-refractivity contribution in [1.82, 2.24) is 19.8 Å². The fourth-order valence-electron chi connectivity index (χ4n) is 4.88. The highest BCUT2D eigenvalue weighted by Crippen LogP contribution is 2.43. The molecule has 8 heteroatoms. The summed E-state index contributed by atoms with van der Waals surface area (Å²) in [6.45, 7) is 0. The third-order valence-electron chi connectivity index (χ3n) is 6.64. The van der Waals surface area contributed by atoms with Crippen molar-refractivity contribution in [3.63, 3.8) is 0 Å². The zero-order chi connectivity index (χ0) is 25.2. The molecule has 0 atom stereocenters. The number of aromatic nitrogens is 4. The van der Waals surface area contributed by atoms with Gasteiger partial charge in [-0.05, 0) is 49.0 Å². The van der Waals surface area contributed by atoms with E-state index in [1.54, 1.807) is 20.3 Å². The molecule has 3 heterocycles. The molecule has 8 nitrogen and oxygen atoms in total. The number of nitrogens with one attached hydrogen (secondary N) is 1. The summed E-state index contributed by atoms with van der Waals surface area (Å²) in [6.07, 6.45) is 8.21. The highest BCUT2D eigenvalue weighted by atomic mass is 16.5. The lowest BCUT2D eigenvalue weighted by Crippen LogP contribution is -2.06. The summed E-state index contributed by atoms with van der Waals surface area (Å²) in [5.74, 6) is 2.48. The van der Waals surface area contributed by atoms with E-state index in [4.69, 9.17) is 24.1 Å². The summed E-state index contributed by atoms with van der Waals surface area (Å²) in [6, 6.07) is 19.8. The van der Waals surface area contributed by atoms with Gasteiger partial charge in [0.1, 0.15) is 23.5 Å². The van der Waals surface area contributed by atoms with Crippen molar-refractivity contribution in [2.75, 3.05) is 19.5 Å². The lowest BCUT2D eigenvalue weighted by atomic mass is 9.92. The van der Waals surface area contributed by atoms with Crippen LogP contribution in [0.5, 0.6) is 11.6 Å². The van der Waals surface area contributed by atoms with Gasteiger partial charge in [0, 0.05) is 11.6 Å². The van der Waals surface area contributed by atoms with Crippen molar-refractivity contribution in [2.45, 2.75) is 25.7 Å². The first-order valence-corrected chi connectivity index (χ1v) is 12.3. The number of rotatable bonds is 7. The van der Waals surface area contributed by atoms with Crippen LogP contribution in [0.25, 0.3) is 33.6 Å². The summed E-state index contributed by atoms with van der Waals surface area (Å²) in [5, 5.41) is 12.5. The van der Waals surface area contributed by atoms with E-state index in [2.05, 4.69) is 28.7 Å². The normalized spacial score (nSPS) is 13.4. The summed E-state index contributed by atoms with van der Waals surface area (Å²) in [4.78, 5) is 5.15. The largest absolute Gasteiger partial charge is 0.497 e. The lowest BCUT2D eigenvalue weighted by Gasteiger charge is -2.17. The van der Waals surface area contributed by atoms with Crippen LogP contribution in [0.15, 0.2) is 77.5 Å². The van der Waals surface area contributed by atoms with Crippen molar-refractivity contribution in [3.05, 3.63) is 78.6 Å². The van der Waals surface area contributed by atoms with Gasteiger partial charge in [-0.1, -0.05) is 53.7 Å². The first-order chi connectivity index (χ1) is 18.3. The van der Waals surface area contributed by atoms with Gasteiger partial charge in [0.2, 0.25) is 5.88 Å². The molecule has 0 bridgehead atoms. The Kier molecular flexibility index (Phi) is 6.06. The summed E-state index contributed by atoms with van der Waals surface area (Å²) in [7, 11) is 3.31. The van der Waals surface area contributed by atoms with Crippen LogP contribution >= 0.6 is 0 Å². The molecule has 0 amide bonds. The number of hydrogen-bond acceptors (Lipinski definition) is 7. The molecule has 1 N–H and O–H groups in total. The number of hydrogen-bond donors (Lipinski definition) is 1. The molecule has 5 aromatic rings. The Balaban J connectivity index is 1.67. The fraction of sp³-hybridized carbons (Fsp3) is 0.207. The number of allylic oxidation sites excluding steroid dienone is 2. The van der Waals surface area contributed by atoms with E-state index in [1.807, 2.05) is 47.0 Å². The topological polar surface area (TPSA) is 86.7 Å². The van der Waals surface area contributed by atoms with Crippen LogP contribution in [0, 0.1) is 0 Å². The monoisotopic (exact) mass is 493 g/mol. The fourth-order valence-corrected chi connectivity index (χ4v) is 4.88. The van der Waals surface area contributed by atoms with E-state index >= 15 is 0 Å². The minimum Gasteiger partial charge on any atom is -0.497 e. The van der Waals surface area contributed by atoms with Gasteiger partial charge >= 0.3 is 0 Å². The Labute approximate surface area is 214 Å². The van der Waals surface area contributed by atoms with E-state index in [1.165, 1.54) is 18.3 Å². The quantitative estimate of drug-likeness (QED) is 0.268. The summed E-state index contributed by atoms with van der Waals surface area (Å²) in [5.41, 5.74) is 6.60. The van der Waals surface area contributed by atoms with Crippen LogP contribution < -0.4 is 14.8 Å². The van der Waals surface area contributed by atoms with E-state index in [9.17, 15) is 0 Å². The van der Waals surface area contributed by atoms with Gasteiger partial charge in [-0.15, -0.1) is 0 Å². The summed E-state index contributed by atoms with van der Waals surface area (Å²) < 4.78 is 18.3. The number of ether oxygens (including phenoxy) is 2. The van der Waals surface area contributed by atoms with Gasteiger partial charge in [-0.3, -0.25) is 0 Å². The summed E-state index contributed by atoms with van der Waals surface area (Å²) >= 11 is 0. The SMILES string of the molecule is COc1ccc(-c2c(Nc3ccon3)nc3c(C4=CCCCC4)c(-c4ccccc4)nn3c2OC)cc1. The molecular weight excluding hydrogens is 466 g/mol.